The number of ether oxygens (including phenoxy) is 1. The molecule has 5 heteroatoms. The molecule has 1 aromatic rings. The molecule has 3 nitrogen and oxygen atoms in total. The van der Waals surface area contributed by atoms with Gasteiger partial charge in [-0.15, -0.1) is 0 Å². The molecular formula is C13H17BrClNO2. The summed E-state index contributed by atoms with van der Waals surface area (Å²) in [5.74, 6) is 0. The Labute approximate surface area is 121 Å². The van der Waals surface area contributed by atoms with Gasteiger partial charge in [0, 0.05) is 16.7 Å². The van der Waals surface area contributed by atoms with Crippen molar-refractivity contribution in [3.8, 4) is 0 Å². The van der Waals surface area contributed by atoms with Crippen LogP contribution in [0.5, 0.6) is 0 Å². The standard InChI is InChI=1S/C13H17BrClNO2/c1-5-16(12(17)18-13(2,3)4)9-6-7-10(14)11(15)8-9/h6-8H,5H2,1-4H3. The Hall–Kier alpha value is -0.740. The van der Waals surface area contributed by atoms with Crippen LogP contribution in [0.25, 0.3) is 0 Å². The first-order valence-electron chi connectivity index (χ1n) is 5.70. The van der Waals surface area contributed by atoms with Gasteiger partial charge in [-0.2, -0.15) is 0 Å². The molecule has 0 N–H and O–H groups in total. The van der Waals surface area contributed by atoms with Crippen LogP contribution in [-0.4, -0.2) is 18.2 Å². The maximum Gasteiger partial charge on any atom is 0.414 e. The lowest BCUT2D eigenvalue weighted by Crippen LogP contribution is -2.36. The Balaban J connectivity index is 2.95. The average Bonchev–Trinajstić information content (AvgIpc) is 2.21. The van der Waals surface area contributed by atoms with Gasteiger partial charge in [-0.1, -0.05) is 11.6 Å². The molecule has 0 heterocycles. The molecule has 0 bridgehead atoms. The highest BCUT2D eigenvalue weighted by molar-refractivity contribution is 9.10. The Morgan fingerprint density at radius 1 is 1.44 bits per heavy atom. The van der Waals surface area contributed by atoms with Crippen molar-refractivity contribution in [2.45, 2.75) is 33.3 Å². The van der Waals surface area contributed by atoms with Gasteiger partial charge in [0.05, 0.1) is 5.02 Å². The molecule has 0 unspecified atom stereocenters. The molecule has 0 aliphatic carbocycles. The van der Waals surface area contributed by atoms with E-state index in [0.29, 0.717) is 11.6 Å². The van der Waals surface area contributed by atoms with E-state index in [1.807, 2.05) is 39.8 Å². The first-order chi connectivity index (χ1) is 8.24. The molecule has 0 atom stereocenters. The Bertz CT molecular complexity index is 443. The highest BCUT2D eigenvalue weighted by Gasteiger charge is 2.22. The van der Waals surface area contributed by atoms with Gasteiger partial charge in [0.15, 0.2) is 0 Å². The quantitative estimate of drug-likeness (QED) is 0.772. The van der Waals surface area contributed by atoms with Crippen molar-refractivity contribution >= 4 is 39.3 Å². The van der Waals surface area contributed by atoms with E-state index in [2.05, 4.69) is 15.9 Å². The summed E-state index contributed by atoms with van der Waals surface area (Å²) in [6, 6.07) is 5.37. The minimum absolute atomic E-state index is 0.372. The first kappa shape index (κ1) is 15.3. The number of halogens is 2. The summed E-state index contributed by atoms with van der Waals surface area (Å²) in [6.45, 7) is 7.93. The molecule has 1 rings (SSSR count). The molecule has 0 spiro atoms. The summed E-state index contributed by atoms with van der Waals surface area (Å²) < 4.78 is 6.15. The highest BCUT2D eigenvalue weighted by Crippen LogP contribution is 2.28. The van der Waals surface area contributed by atoms with Crippen molar-refractivity contribution in [3.05, 3.63) is 27.7 Å². The second-order valence-electron chi connectivity index (χ2n) is 4.82. The molecule has 0 aliphatic rings. The number of anilines is 1. The van der Waals surface area contributed by atoms with E-state index < -0.39 is 5.60 Å². The molecular weight excluding hydrogens is 318 g/mol. The monoisotopic (exact) mass is 333 g/mol. The van der Waals surface area contributed by atoms with Gasteiger partial charge in [0.2, 0.25) is 0 Å². The van der Waals surface area contributed by atoms with Crippen molar-refractivity contribution in [2.24, 2.45) is 0 Å². The fourth-order valence-electron chi connectivity index (χ4n) is 1.39. The lowest BCUT2D eigenvalue weighted by molar-refractivity contribution is 0.0582. The van der Waals surface area contributed by atoms with E-state index in [-0.39, 0.29) is 6.09 Å². The van der Waals surface area contributed by atoms with Crippen LogP contribution < -0.4 is 4.90 Å². The molecule has 0 aromatic heterocycles. The van der Waals surface area contributed by atoms with Crippen LogP contribution in [0.2, 0.25) is 5.02 Å². The summed E-state index contributed by atoms with van der Waals surface area (Å²) in [5, 5.41) is 0.564. The van der Waals surface area contributed by atoms with E-state index >= 15 is 0 Å². The zero-order chi connectivity index (χ0) is 13.9. The number of nitrogens with zero attached hydrogens (tertiary/aromatic N) is 1. The molecule has 1 aromatic carbocycles. The highest BCUT2D eigenvalue weighted by atomic mass is 79.9. The summed E-state index contributed by atoms with van der Waals surface area (Å²) in [4.78, 5) is 13.6. The maximum atomic E-state index is 12.0. The number of benzene rings is 1. The number of hydrogen-bond acceptors (Lipinski definition) is 2. The topological polar surface area (TPSA) is 29.5 Å². The minimum atomic E-state index is -0.510. The van der Waals surface area contributed by atoms with E-state index in [0.717, 1.165) is 10.2 Å². The van der Waals surface area contributed by atoms with E-state index in [4.69, 9.17) is 16.3 Å². The van der Waals surface area contributed by atoms with Crippen molar-refractivity contribution in [3.63, 3.8) is 0 Å². The predicted molar refractivity (Wildman–Crippen MR) is 78.4 cm³/mol. The van der Waals surface area contributed by atoms with Crippen LogP contribution in [0.3, 0.4) is 0 Å². The lowest BCUT2D eigenvalue weighted by atomic mass is 10.2. The van der Waals surface area contributed by atoms with E-state index in [9.17, 15) is 4.79 Å². The predicted octanol–water partition coefficient (Wildman–Crippen LogP) is 4.86. The Kier molecular flexibility index (Phi) is 5.05. The van der Waals surface area contributed by atoms with Crippen LogP contribution in [0.15, 0.2) is 22.7 Å². The minimum Gasteiger partial charge on any atom is -0.443 e. The molecule has 100 valence electrons. The van der Waals surface area contributed by atoms with Crippen LogP contribution in [0, 0.1) is 0 Å². The van der Waals surface area contributed by atoms with Gasteiger partial charge >= 0.3 is 6.09 Å². The Morgan fingerprint density at radius 3 is 2.50 bits per heavy atom. The first-order valence-corrected chi connectivity index (χ1v) is 6.87. The molecule has 0 saturated heterocycles. The van der Waals surface area contributed by atoms with Gasteiger partial charge in [-0.3, -0.25) is 4.90 Å². The van der Waals surface area contributed by atoms with Gasteiger partial charge in [-0.05, 0) is 61.8 Å². The summed E-state index contributed by atoms with van der Waals surface area (Å²) in [5.41, 5.74) is 0.212. The molecule has 18 heavy (non-hydrogen) atoms. The van der Waals surface area contributed by atoms with Crippen LogP contribution >= 0.6 is 27.5 Å². The SMILES string of the molecule is CCN(C(=O)OC(C)(C)C)c1ccc(Br)c(Cl)c1. The third-order valence-corrected chi connectivity index (χ3v) is 3.38. The van der Waals surface area contributed by atoms with Gasteiger partial charge in [-0.25, -0.2) is 4.79 Å². The zero-order valence-electron chi connectivity index (χ0n) is 11.0. The third kappa shape index (κ3) is 4.18. The van der Waals surface area contributed by atoms with E-state index in [1.165, 1.54) is 0 Å². The number of rotatable bonds is 2. The molecule has 0 saturated carbocycles. The second kappa shape index (κ2) is 5.93. The number of hydrogen-bond donors (Lipinski definition) is 0. The number of amides is 1. The fourth-order valence-corrected chi connectivity index (χ4v) is 1.81. The normalized spacial score (nSPS) is 11.2. The lowest BCUT2D eigenvalue weighted by Gasteiger charge is -2.26. The van der Waals surface area contributed by atoms with Crippen LogP contribution in [0.1, 0.15) is 27.7 Å². The van der Waals surface area contributed by atoms with Gasteiger partial charge < -0.3 is 4.74 Å². The zero-order valence-corrected chi connectivity index (χ0v) is 13.3. The Morgan fingerprint density at radius 2 is 2.06 bits per heavy atom. The second-order valence-corrected chi connectivity index (χ2v) is 6.08. The van der Waals surface area contributed by atoms with Gasteiger partial charge in [0.1, 0.15) is 5.60 Å². The smallest absolute Gasteiger partial charge is 0.414 e. The van der Waals surface area contributed by atoms with Crippen molar-refractivity contribution in [1.29, 1.82) is 0 Å². The third-order valence-electron chi connectivity index (χ3n) is 2.14. The number of carbonyl (C=O) groups is 1. The van der Waals surface area contributed by atoms with Crippen molar-refractivity contribution < 1.29 is 9.53 Å². The van der Waals surface area contributed by atoms with Crippen LogP contribution in [-0.2, 0) is 4.74 Å². The summed E-state index contributed by atoms with van der Waals surface area (Å²) >= 11 is 9.35. The maximum absolute atomic E-state index is 12.0. The van der Waals surface area contributed by atoms with Crippen LogP contribution in [0.4, 0.5) is 10.5 Å². The fraction of sp³-hybridized carbons (Fsp3) is 0.462. The summed E-state index contributed by atoms with van der Waals surface area (Å²) in [6.07, 6.45) is -0.372. The molecule has 0 aliphatic heterocycles. The molecule has 1 amide bonds. The van der Waals surface area contributed by atoms with Gasteiger partial charge in [0.25, 0.3) is 0 Å². The number of carbonyl (C=O) groups excluding carboxylic acids is 1. The van der Waals surface area contributed by atoms with Crippen molar-refractivity contribution in [2.75, 3.05) is 11.4 Å². The van der Waals surface area contributed by atoms with E-state index in [1.54, 1.807) is 11.0 Å². The molecule has 0 fully saturated rings. The largest absolute Gasteiger partial charge is 0.443 e. The summed E-state index contributed by atoms with van der Waals surface area (Å²) in [7, 11) is 0. The average molecular weight is 335 g/mol. The van der Waals surface area contributed by atoms with Crippen molar-refractivity contribution in [1.82, 2.24) is 0 Å². The molecule has 0 radical (unpaired) electrons.